The Labute approximate surface area is 119 Å². The number of amides is 1. The van der Waals surface area contributed by atoms with Crippen LogP contribution in [0.15, 0.2) is 30.3 Å². The number of anilines is 1. The molecule has 0 saturated heterocycles. The monoisotopic (exact) mass is 275 g/mol. The van der Waals surface area contributed by atoms with E-state index in [0.29, 0.717) is 5.69 Å². The molecule has 0 unspecified atom stereocenters. The smallest absolute Gasteiger partial charge is 0.412 e. The van der Waals surface area contributed by atoms with Gasteiger partial charge >= 0.3 is 6.09 Å². The van der Waals surface area contributed by atoms with Gasteiger partial charge in [-0.15, -0.1) is 0 Å². The van der Waals surface area contributed by atoms with Crippen LogP contribution in [0.3, 0.4) is 0 Å². The predicted octanol–water partition coefficient (Wildman–Crippen LogP) is 4.18. The number of allylic oxidation sites excluding steroid dienone is 1. The second kappa shape index (κ2) is 5.99. The van der Waals surface area contributed by atoms with Crippen LogP contribution in [0.5, 0.6) is 0 Å². The quantitative estimate of drug-likeness (QED) is 0.880. The maximum atomic E-state index is 11.6. The summed E-state index contributed by atoms with van der Waals surface area (Å²) in [7, 11) is 0. The lowest BCUT2D eigenvalue weighted by atomic mass is 10.1. The Kier molecular flexibility index (Phi) is 4.32. The van der Waals surface area contributed by atoms with Crippen molar-refractivity contribution in [2.45, 2.75) is 39.2 Å². The van der Waals surface area contributed by atoms with E-state index >= 15 is 0 Å². The average Bonchev–Trinajstić information content (AvgIpc) is 2.38. The fourth-order valence-electron chi connectivity index (χ4n) is 1.90. The lowest BCUT2D eigenvalue weighted by Gasteiger charge is -2.20. The first-order chi connectivity index (χ1) is 9.44. The number of carbonyl (C=O) groups is 1. The van der Waals surface area contributed by atoms with Crippen molar-refractivity contribution in [1.29, 1.82) is 0 Å². The molecule has 0 atom stereocenters. The Balaban J connectivity index is 1.98. The highest BCUT2D eigenvalue weighted by molar-refractivity contribution is 5.85. The Morgan fingerprint density at radius 2 is 1.95 bits per heavy atom. The summed E-state index contributed by atoms with van der Waals surface area (Å²) in [6, 6.07) is 7.56. The molecule has 0 spiro atoms. The van der Waals surface area contributed by atoms with Gasteiger partial charge in [-0.25, -0.2) is 4.79 Å². The zero-order chi connectivity index (χ0) is 14.6. The second-order valence-electron chi connectivity index (χ2n) is 5.76. The number of ether oxygens (including phenoxy) is 2. The van der Waals surface area contributed by atoms with Crippen molar-refractivity contribution in [2.24, 2.45) is 0 Å². The largest absolute Gasteiger partial charge is 0.493 e. The third kappa shape index (κ3) is 4.30. The van der Waals surface area contributed by atoms with Gasteiger partial charge in [-0.05, 0) is 64.0 Å². The summed E-state index contributed by atoms with van der Waals surface area (Å²) in [4.78, 5) is 11.6. The van der Waals surface area contributed by atoms with Crippen LogP contribution < -0.4 is 5.32 Å². The molecule has 1 aliphatic rings. The standard InChI is InChI=1S/C16H21NO3/c1-16(2,3)20-15(18)17-13-9-7-12(8-10-13)14-6-4-5-11-19-14/h6-10H,4-5,11H2,1-3H3,(H,17,18). The predicted molar refractivity (Wildman–Crippen MR) is 79.5 cm³/mol. The van der Waals surface area contributed by atoms with Crippen LogP contribution in [0.25, 0.3) is 5.76 Å². The summed E-state index contributed by atoms with van der Waals surface area (Å²) < 4.78 is 10.8. The minimum atomic E-state index is -0.495. The molecule has 20 heavy (non-hydrogen) atoms. The molecule has 0 fully saturated rings. The van der Waals surface area contributed by atoms with E-state index in [1.807, 2.05) is 45.0 Å². The fourth-order valence-corrected chi connectivity index (χ4v) is 1.90. The van der Waals surface area contributed by atoms with Gasteiger partial charge in [0.1, 0.15) is 11.4 Å². The minimum absolute atomic E-state index is 0.446. The highest BCUT2D eigenvalue weighted by atomic mass is 16.6. The molecule has 0 aromatic heterocycles. The molecule has 0 bridgehead atoms. The van der Waals surface area contributed by atoms with Crippen molar-refractivity contribution in [2.75, 3.05) is 11.9 Å². The number of hydrogen-bond donors (Lipinski definition) is 1. The van der Waals surface area contributed by atoms with Crippen LogP contribution in [-0.4, -0.2) is 18.3 Å². The van der Waals surface area contributed by atoms with E-state index in [0.717, 1.165) is 30.8 Å². The zero-order valence-electron chi connectivity index (χ0n) is 12.2. The van der Waals surface area contributed by atoms with Gasteiger partial charge in [-0.3, -0.25) is 5.32 Å². The number of benzene rings is 1. The summed E-state index contributed by atoms with van der Waals surface area (Å²) in [5.41, 5.74) is 1.24. The van der Waals surface area contributed by atoms with Crippen molar-refractivity contribution >= 4 is 17.5 Å². The highest BCUT2D eigenvalue weighted by Crippen LogP contribution is 2.23. The van der Waals surface area contributed by atoms with E-state index in [-0.39, 0.29) is 0 Å². The van der Waals surface area contributed by atoms with Crippen molar-refractivity contribution in [1.82, 2.24) is 0 Å². The Bertz CT molecular complexity index is 497. The maximum Gasteiger partial charge on any atom is 0.412 e. The first-order valence-corrected chi connectivity index (χ1v) is 6.87. The Hall–Kier alpha value is -1.97. The highest BCUT2D eigenvalue weighted by Gasteiger charge is 2.16. The molecule has 1 aromatic rings. The van der Waals surface area contributed by atoms with Crippen LogP contribution >= 0.6 is 0 Å². The molecule has 1 amide bonds. The van der Waals surface area contributed by atoms with Gasteiger partial charge < -0.3 is 9.47 Å². The Morgan fingerprint density at radius 3 is 2.50 bits per heavy atom. The zero-order valence-corrected chi connectivity index (χ0v) is 12.2. The second-order valence-corrected chi connectivity index (χ2v) is 5.76. The third-order valence-electron chi connectivity index (χ3n) is 2.75. The van der Waals surface area contributed by atoms with Crippen molar-refractivity contribution in [3.8, 4) is 0 Å². The van der Waals surface area contributed by atoms with Gasteiger partial charge in [0.2, 0.25) is 0 Å². The number of rotatable bonds is 2. The maximum absolute atomic E-state index is 11.6. The van der Waals surface area contributed by atoms with Crippen LogP contribution in [0.4, 0.5) is 10.5 Å². The minimum Gasteiger partial charge on any atom is -0.493 e. The molecule has 0 aliphatic carbocycles. The lowest BCUT2D eigenvalue weighted by Crippen LogP contribution is -2.27. The summed E-state index contributed by atoms with van der Waals surface area (Å²) in [6.07, 6.45) is 3.77. The summed E-state index contributed by atoms with van der Waals surface area (Å²) in [6.45, 7) is 6.28. The molecular formula is C16H21NO3. The number of nitrogens with one attached hydrogen (secondary N) is 1. The molecule has 0 radical (unpaired) electrons. The summed E-state index contributed by atoms with van der Waals surface area (Å²) in [5.74, 6) is 0.917. The van der Waals surface area contributed by atoms with Crippen LogP contribution in [0.2, 0.25) is 0 Å². The van der Waals surface area contributed by atoms with Crippen molar-refractivity contribution in [3.63, 3.8) is 0 Å². The average molecular weight is 275 g/mol. The molecule has 1 aromatic carbocycles. The summed E-state index contributed by atoms with van der Waals surface area (Å²) >= 11 is 0. The topological polar surface area (TPSA) is 47.6 Å². The van der Waals surface area contributed by atoms with Gasteiger partial charge in [0.05, 0.1) is 6.61 Å². The van der Waals surface area contributed by atoms with Gasteiger partial charge in [0.15, 0.2) is 0 Å². The molecule has 4 heteroatoms. The van der Waals surface area contributed by atoms with E-state index in [1.165, 1.54) is 0 Å². The molecule has 108 valence electrons. The van der Waals surface area contributed by atoms with Gasteiger partial charge in [-0.2, -0.15) is 0 Å². The first-order valence-electron chi connectivity index (χ1n) is 6.87. The van der Waals surface area contributed by atoms with Crippen molar-refractivity contribution in [3.05, 3.63) is 35.9 Å². The van der Waals surface area contributed by atoms with E-state index in [4.69, 9.17) is 9.47 Å². The van der Waals surface area contributed by atoms with E-state index in [2.05, 4.69) is 11.4 Å². The Morgan fingerprint density at radius 1 is 1.25 bits per heavy atom. The molecule has 1 aliphatic heterocycles. The van der Waals surface area contributed by atoms with Crippen LogP contribution in [0, 0.1) is 0 Å². The van der Waals surface area contributed by atoms with E-state index in [1.54, 1.807) is 0 Å². The van der Waals surface area contributed by atoms with Crippen molar-refractivity contribution < 1.29 is 14.3 Å². The molecule has 2 rings (SSSR count). The van der Waals surface area contributed by atoms with E-state index < -0.39 is 11.7 Å². The van der Waals surface area contributed by atoms with Gasteiger partial charge in [-0.1, -0.05) is 0 Å². The molecule has 4 nitrogen and oxygen atoms in total. The van der Waals surface area contributed by atoms with Crippen LogP contribution in [-0.2, 0) is 9.47 Å². The molecule has 1 N–H and O–H groups in total. The third-order valence-corrected chi connectivity index (χ3v) is 2.75. The molecular weight excluding hydrogens is 254 g/mol. The molecule has 1 heterocycles. The van der Waals surface area contributed by atoms with E-state index in [9.17, 15) is 4.79 Å². The number of hydrogen-bond acceptors (Lipinski definition) is 3. The van der Waals surface area contributed by atoms with Crippen LogP contribution in [0.1, 0.15) is 39.2 Å². The lowest BCUT2D eigenvalue weighted by molar-refractivity contribution is 0.0636. The summed E-state index contributed by atoms with van der Waals surface area (Å²) in [5, 5.41) is 2.71. The van der Waals surface area contributed by atoms with Gasteiger partial charge in [0, 0.05) is 11.3 Å². The normalized spacial score (nSPS) is 15.1. The SMILES string of the molecule is CC(C)(C)OC(=O)Nc1ccc(C2=CCCCO2)cc1. The van der Waals surface area contributed by atoms with Gasteiger partial charge in [0.25, 0.3) is 0 Å². The number of carbonyl (C=O) groups excluding carboxylic acids is 1. The fraction of sp³-hybridized carbons (Fsp3) is 0.438. The first kappa shape index (κ1) is 14.4. The molecule has 0 saturated carbocycles.